The molecule has 1 aromatic carbocycles. The van der Waals surface area contributed by atoms with Gasteiger partial charge >= 0.3 is 0 Å². The third-order valence-corrected chi connectivity index (χ3v) is 4.90. The Kier molecular flexibility index (Phi) is 8.28. The molecule has 1 atom stereocenters. The van der Waals surface area contributed by atoms with Crippen molar-refractivity contribution in [2.75, 3.05) is 39.4 Å². The number of hydrogen-bond acceptors (Lipinski definition) is 3. The number of rotatable bonds is 6. The second kappa shape index (κ2) is 10.2. The van der Waals surface area contributed by atoms with Crippen LogP contribution in [0.4, 0.5) is 0 Å². The molecule has 1 heterocycles. The number of nitrogens with zero attached hydrogens (tertiary/aromatic N) is 2. The summed E-state index contributed by atoms with van der Waals surface area (Å²) in [7, 11) is 0. The third-order valence-electron chi connectivity index (χ3n) is 4.90. The Morgan fingerprint density at radius 1 is 1.25 bits per heavy atom. The lowest BCUT2D eigenvalue weighted by Crippen LogP contribution is -2.41. The first kappa shape index (κ1) is 19.5. The molecule has 3 N–H and O–H groups in total. The fourth-order valence-electron chi connectivity index (χ4n) is 3.18. The molecule has 2 fully saturated rings. The van der Waals surface area contributed by atoms with E-state index in [0.29, 0.717) is 12.5 Å². The first-order valence-corrected chi connectivity index (χ1v) is 8.73. The molecule has 5 nitrogen and oxygen atoms in total. The molecule has 1 saturated carbocycles. The van der Waals surface area contributed by atoms with E-state index in [1.165, 1.54) is 24.8 Å². The van der Waals surface area contributed by atoms with Gasteiger partial charge in [0.15, 0.2) is 5.96 Å². The molecule has 0 spiro atoms. The summed E-state index contributed by atoms with van der Waals surface area (Å²) in [6.07, 6.45) is 4.00. The van der Waals surface area contributed by atoms with Crippen LogP contribution >= 0.6 is 24.0 Å². The van der Waals surface area contributed by atoms with Gasteiger partial charge in [0.25, 0.3) is 0 Å². The molecular formula is C18H29IN4O. The van der Waals surface area contributed by atoms with Crippen LogP contribution in [0.3, 0.4) is 0 Å². The average Bonchev–Trinajstić information content (AvgIpc) is 2.56. The number of hydrogen-bond donors (Lipinski definition) is 2. The van der Waals surface area contributed by atoms with Gasteiger partial charge in [-0.3, -0.25) is 9.89 Å². The second-order valence-corrected chi connectivity index (χ2v) is 6.48. The van der Waals surface area contributed by atoms with Gasteiger partial charge in [-0.15, -0.1) is 24.0 Å². The number of nitrogens with two attached hydrogens (primary N) is 1. The Hall–Kier alpha value is -0.860. The highest BCUT2D eigenvalue weighted by atomic mass is 127. The van der Waals surface area contributed by atoms with Crippen molar-refractivity contribution in [3.8, 4) is 0 Å². The van der Waals surface area contributed by atoms with Gasteiger partial charge in [0.1, 0.15) is 0 Å². The third kappa shape index (κ3) is 5.60. The van der Waals surface area contributed by atoms with Crippen LogP contribution in [0.1, 0.15) is 30.9 Å². The molecule has 24 heavy (non-hydrogen) atoms. The van der Waals surface area contributed by atoms with Gasteiger partial charge in [0, 0.05) is 19.6 Å². The average molecular weight is 444 g/mol. The van der Waals surface area contributed by atoms with E-state index in [-0.39, 0.29) is 30.0 Å². The van der Waals surface area contributed by atoms with Crippen LogP contribution in [0.2, 0.25) is 0 Å². The molecule has 1 unspecified atom stereocenters. The molecule has 0 radical (unpaired) electrons. The Morgan fingerprint density at radius 2 is 1.96 bits per heavy atom. The Labute approximate surface area is 162 Å². The molecule has 0 bridgehead atoms. The highest BCUT2D eigenvalue weighted by molar-refractivity contribution is 14.0. The number of morpholine rings is 1. The molecule has 2 aliphatic rings. The molecule has 0 amide bonds. The van der Waals surface area contributed by atoms with Gasteiger partial charge in [-0.25, -0.2) is 0 Å². The summed E-state index contributed by atoms with van der Waals surface area (Å²) < 4.78 is 5.48. The van der Waals surface area contributed by atoms with Crippen LogP contribution in [-0.2, 0) is 4.74 Å². The van der Waals surface area contributed by atoms with E-state index in [1.54, 1.807) is 0 Å². The summed E-state index contributed by atoms with van der Waals surface area (Å²) in [6, 6.07) is 10.8. The van der Waals surface area contributed by atoms with Crippen LogP contribution in [0, 0.1) is 5.92 Å². The van der Waals surface area contributed by atoms with E-state index in [4.69, 9.17) is 10.5 Å². The smallest absolute Gasteiger partial charge is 0.188 e. The number of halogens is 1. The van der Waals surface area contributed by atoms with Crippen molar-refractivity contribution in [2.24, 2.45) is 16.6 Å². The number of nitrogens with one attached hydrogen (secondary N) is 1. The predicted octanol–water partition coefficient (Wildman–Crippen LogP) is 2.38. The molecular weight excluding hydrogens is 415 g/mol. The van der Waals surface area contributed by atoms with Crippen LogP contribution in [0.25, 0.3) is 0 Å². The molecule has 1 aromatic rings. The van der Waals surface area contributed by atoms with Crippen LogP contribution in [-0.4, -0.2) is 50.3 Å². The zero-order chi connectivity index (χ0) is 15.9. The Balaban J connectivity index is 0.00000208. The first-order valence-electron chi connectivity index (χ1n) is 8.73. The summed E-state index contributed by atoms with van der Waals surface area (Å²) in [6.45, 7) is 5.14. The lowest BCUT2D eigenvalue weighted by molar-refractivity contribution is 0.0180. The van der Waals surface area contributed by atoms with Gasteiger partial charge in [-0.2, -0.15) is 0 Å². The minimum atomic E-state index is 0. The zero-order valence-corrected chi connectivity index (χ0v) is 16.5. The predicted molar refractivity (Wildman–Crippen MR) is 109 cm³/mol. The van der Waals surface area contributed by atoms with Crippen molar-refractivity contribution in [1.29, 1.82) is 0 Å². The lowest BCUT2D eigenvalue weighted by Gasteiger charge is -2.34. The summed E-state index contributed by atoms with van der Waals surface area (Å²) >= 11 is 0. The van der Waals surface area contributed by atoms with Crippen molar-refractivity contribution >= 4 is 29.9 Å². The lowest BCUT2D eigenvalue weighted by atomic mass is 9.85. The van der Waals surface area contributed by atoms with Crippen molar-refractivity contribution in [3.05, 3.63) is 35.9 Å². The van der Waals surface area contributed by atoms with Crippen molar-refractivity contribution in [1.82, 2.24) is 10.2 Å². The van der Waals surface area contributed by atoms with Crippen molar-refractivity contribution < 1.29 is 4.74 Å². The van der Waals surface area contributed by atoms with E-state index < -0.39 is 0 Å². The maximum atomic E-state index is 6.05. The maximum absolute atomic E-state index is 6.05. The molecule has 134 valence electrons. The molecule has 1 aliphatic carbocycles. The fraction of sp³-hybridized carbons (Fsp3) is 0.611. The molecule has 0 aromatic heterocycles. The fourth-order valence-corrected chi connectivity index (χ4v) is 3.18. The minimum absolute atomic E-state index is 0. The summed E-state index contributed by atoms with van der Waals surface area (Å²) in [5.74, 6) is 1.36. The van der Waals surface area contributed by atoms with E-state index in [9.17, 15) is 0 Å². The highest BCUT2D eigenvalue weighted by Crippen LogP contribution is 2.25. The SMILES string of the molecule is I.NC(=NCC(c1ccccc1)N1CCOCC1)NCC1CCC1. The van der Waals surface area contributed by atoms with Crippen molar-refractivity contribution in [3.63, 3.8) is 0 Å². The minimum Gasteiger partial charge on any atom is -0.379 e. The zero-order valence-electron chi connectivity index (χ0n) is 14.2. The normalized spacial score (nSPS) is 20.8. The monoisotopic (exact) mass is 444 g/mol. The molecule has 1 saturated heterocycles. The van der Waals surface area contributed by atoms with Gasteiger partial charge in [0.05, 0.1) is 25.8 Å². The number of ether oxygens (including phenoxy) is 1. The molecule has 1 aliphatic heterocycles. The van der Waals surface area contributed by atoms with E-state index in [2.05, 4.69) is 45.5 Å². The Bertz CT molecular complexity index is 501. The summed E-state index contributed by atoms with van der Waals surface area (Å²) in [4.78, 5) is 7.05. The summed E-state index contributed by atoms with van der Waals surface area (Å²) in [5.41, 5.74) is 7.35. The number of guanidine groups is 1. The van der Waals surface area contributed by atoms with Gasteiger partial charge in [-0.1, -0.05) is 36.8 Å². The van der Waals surface area contributed by atoms with Gasteiger partial charge in [-0.05, 0) is 24.3 Å². The quantitative estimate of drug-likeness (QED) is 0.402. The maximum Gasteiger partial charge on any atom is 0.188 e. The second-order valence-electron chi connectivity index (χ2n) is 6.48. The largest absolute Gasteiger partial charge is 0.379 e. The van der Waals surface area contributed by atoms with Crippen LogP contribution in [0.15, 0.2) is 35.3 Å². The van der Waals surface area contributed by atoms with E-state index >= 15 is 0 Å². The van der Waals surface area contributed by atoms with Crippen molar-refractivity contribution in [2.45, 2.75) is 25.3 Å². The van der Waals surface area contributed by atoms with Gasteiger partial charge in [0.2, 0.25) is 0 Å². The van der Waals surface area contributed by atoms with Gasteiger partial charge < -0.3 is 15.8 Å². The number of benzene rings is 1. The van der Waals surface area contributed by atoms with Crippen LogP contribution < -0.4 is 11.1 Å². The standard InChI is InChI=1S/C18H28N4O.HI/c19-18(20-13-15-5-4-6-15)21-14-17(16-7-2-1-3-8-16)22-9-11-23-12-10-22;/h1-3,7-8,15,17H,4-6,9-14H2,(H3,19,20,21);1H. The van der Waals surface area contributed by atoms with Crippen LogP contribution in [0.5, 0.6) is 0 Å². The topological polar surface area (TPSA) is 62.9 Å². The van der Waals surface area contributed by atoms with E-state index in [1.807, 2.05) is 0 Å². The summed E-state index contributed by atoms with van der Waals surface area (Å²) in [5, 5.41) is 3.28. The number of aliphatic imine (C=N–C) groups is 1. The molecule has 6 heteroatoms. The first-order chi connectivity index (χ1) is 11.3. The highest BCUT2D eigenvalue weighted by Gasteiger charge is 2.22. The molecule has 3 rings (SSSR count). The van der Waals surface area contributed by atoms with E-state index in [0.717, 1.165) is 38.8 Å². The Morgan fingerprint density at radius 3 is 2.58 bits per heavy atom.